The Morgan fingerprint density at radius 2 is 1.47 bits per heavy atom. The van der Waals surface area contributed by atoms with E-state index in [2.05, 4.69) is 65.4 Å². The van der Waals surface area contributed by atoms with Crippen LogP contribution in [-0.4, -0.2) is 77.3 Å². The molecule has 4 unspecified atom stereocenters. The molecule has 2 aliphatic rings. The van der Waals surface area contributed by atoms with Gasteiger partial charge in [-0.1, -0.05) is 13.8 Å². The SMILES string of the molecule is CC1C(OOC(=O)c2ccc(C(=O)O)cc2OC2CCN(C)C(C)(C)C2C)CCN(C)C1(C)C. The van der Waals surface area contributed by atoms with Crippen molar-refractivity contribution < 1.29 is 29.2 Å². The van der Waals surface area contributed by atoms with E-state index in [4.69, 9.17) is 14.5 Å². The number of likely N-dealkylation sites (tertiary alicyclic amines) is 2. The zero-order chi connectivity index (χ0) is 25.4. The van der Waals surface area contributed by atoms with Gasteiger partial charge in [-0.2, -0.15) is 4.89 Å². The molecule has 2 fully saturated rings. The summed E-state index contributed by atoms with van der Waals surface area (Å²) in [6.07, 6.45) is 1.12. The Morgan fingerprint density at radius 3 is 2.03 bits per heavy atom. The Hall–Kier alpha value is -2.16. The minimum absolute atomic E-state index is 0.0537. The molecule has 0 amide bonds. The molecule has 1 N–H and O–H groups in total. The number of piperidine rings is 2. The molecule has 0 aliphatic carbocycles. The summed E-state index contributed by atoms with van der Waals surface area (Å²) in [5.41, 5.74) is 0.0182. The first-order valence-corrected chi connectivity index (χ1v) is 12.1. The highest BCUT2D eigenvalue weighted by molar-refractivity contribution is 5.95. The lowest BCUT2D eigenvalue weighted by molar-refractivity contribution is -0.299. The summed E-state index contributed by atoms with van der Waals surface area (Å²) in [6.45, 7) is 14.5. The second kappa shape index (κ2) is 9.84. The second-order valence-electron chi connectivity index (χ2n) is 11.0. The van der Waals surface area contributed by atoms with E-state index in [1.807, 2.05) is 0 Å². The monoisotopic (exact) mass is 476 g/mol. The number of nitrogens with zero attached hydrogens (tertiary/aromatic N) is 2. The van der Waals surface area contributed by atoms with Crippen LogP contribution in [0.15, 0.2) is 18.2 Å². The van der Waals surface area contributed by atoms with Crippen molar-refractivity contribution in [2.75, 3.05) is 27.2 Å². The topological polar surface area (TPSA) is 88.5 Å². The number of hydrogen-bond donors (Lipinski definition) is 1. The molecule has 2 saturated heterocycles. The molecule has 2 heterocycles. The zero-order valence-electron chi connectivity index (χ0n) is 21.8. The normalized spacial score (nSPS) is 29.4. The third-order valence-electron chi connectivity index (χ3n) is 8.78. The summed E-state index contributed by atoms with van der Waals surface area (Å²) in [4.78, 5) is 40.1. The van der Waals surface area contributed by atoms with Crippen molar-refractivity contribution in [1.29, 1.82) is 0 Å². The van der Waals surface area contributed by atoms with Crippen molar-refractivity contribution in [3.8, 4) is 5.75 Å². The van der Waals surface area contributed by atoms with E-state index in [0.29, 0.717) is 0 Å². The van der Waals surface area contributed by atoms with Crippen molar-refractivity contribution in [3.05, 3.63) is 29.3 Å². The first kappa shape index (κ1) is 26.4. The number of benzene rings is 1. The number of aromatic carboxylic acids is 1. The fourth-order valence-corrected chi connectivity index (χ4v) is 4.85. The average Bonchev–Trinajstić information content (AvgIpc) is 2.78. The van der Waals surface area contributed by atoms with Crippen LogP contribution >= 0.6 is 0 Å². The van der Waals surface area contributed by atoms with Crippen LogP contribution in [0, 0.1) is 11.8 Å². The van der Waals surface area contributed by atoms with Crippen LogP contribution in [0.3, 0.4) is 0 Å². The van der Waals surface area contributed by atoms with Gasteiger partial charge in [0.1, 0.15) is 23.5 Å². The maximum absolute atomic E-state index is 13.0. The van der Waals surface area contributed by atoms with Crippen molar-refractivity contribution in [3.63, 3.8) is 0 Å². The van der Waals surface area contributed by atoms with Gasteiger partial charge < -0.3 is 19.6 Å². The molecular weight excluding hydrogens is 436 g/mol. The lowest BCUT2D eigenvalue weighted by Gasteiger charge is -2.48. The van der Waals surface area contributed by atoms with Crippen molar-refractivity contribution in [1.82, 2.24) is 9.80 Å². The number of carbonyl (C=O) groups is 2. The van der Waals surface area contributed by atoms with Gasteiger partial charge in [0.25, 0.3) is 0 Å². The largest absolute Gasteiger partial charge is 0.489 e. The van der Waals surface area contributed by atoms with Gasteiger partial charge in [-0.3, -0.25) is 4.89 Å². The minimum Gasteiger partial charge on any atom is -0.489 e. The van der Waals surface area contributed by atoms with Crippen molar-refractivity contribution in [2.24, 2.45) is 11.8 Å². The van der Waals surface area contributed by atoms with Gasteiger partial charge in [0.15, 0.2) is 0 Å². The average molecular weight is 477 g/mol. The van der Waals surface area contributed by atoms with Crippen molar-refractivity contribution in [2.45, 2.75) is 77.7 Å². The summed E-state index contributed by atoms with van der Waals surface area (Å²) in [5.74, 6) is -1.26. The Morgan fingerprint density at radius 1 is 0.941 bits per heavy atom. The Bertz CT molecular complexity index is 915. The third kappa shape index (κ3) is 5.09. The van der Waals surface area contributed by atoms with Crippen LogP contribution < -0.4 is 4.74 Å². The summed E-state index contributed by atoms with van der Waals surface area (Å²) >= 11 is 0. The lowest BCUT2D eigenvalue weighted by Crippen LogP contribution is -2.56. The van der Waals surface area contributed by atoms with Gasteiger partial charge in [0, 0.05) is 36.0 Å². The highest BCUT2D eigenvalue weighted by Crippen LogP contribution is 2.36. The molecule has 190 valence electrons. The first-order valence-electron chi connectivity index (χ1n) is 12.1. The molecule has 0 spiro atoms. The molecule has 3 rings (SSSR count). The number of carboxylic acids is 1. The smallest absolute Gasteiger partial charge is 0.376 e. The predicted octanol–water partition coefficient (Wildman–Crippen LogP) is 4.09. The minimum atomic E-state index is -1.08. The molecule has 2 aliphatic heterocycles. The lowest BCUT2D eigenvalue weighted by atomic mass is 9.78. The van der Waals surface area contributed by atoms with Crippen LogP contribution in [0.1, 0.15) is 75.1 Å². The predicted molar refractivity (Wildman–Crippen MR) is 129 cm³/mol. The number of carboxylic acid groups (broad SMARTS) is 1. The Kier molecular flexibility index (Phi) is 7.65. The van der Waals surface area contributed by atoms with E-state index < -0.39 is 11.9 Å². The van der Waals surface area contributed by atoms with Crippen LogP contribution in [0.4, 0.5) is 0 Å². The number of rotatable bonds is 6. The van der Waals surface area contributed by atoms with Crippen LogP contribution in [0.25, 0.3) is 0 Å². The van der Waals surface area contributed by atoms with Gasteiger partial charge in [-0.15, -0.1) is 0 Å². The molecule has 8 heteroatoms. The van der Waals surface area contributed by atoms with Crippen LogP contribution in [-0.2, 0) is 9.78 Å². The summed E-state index contributed by atoms with van der Waals surface area (Å²) in [7, 11) is 4.17. The quantitative estimate of drug-likeness (QED) is 0.485. The van der Waals surface area contributed by atoms with E-state index in [-0.39, 0.29) is 52.0 Å². The highest BCUT2D eigenvalue weighted by atomic mass is 17.2. The Balaban J connectivity index is 1.79. The summed E-state index contributed by atoms with van der Waals surface area (Å²) in [5, 5.41) is 9.48. The van der Waals surface area contributed by atoms with Gasteiger partial charge in [0.2, 0.25) is 0 Å². The van der Waals surface area contributed by atoms with Crippen LogP contribution in [0.5, 0.6) is 5.75 Å². The van der Waals surface area contributed by atoms with E-state index in [0.717, 1.165) is 25.9 Å². The molecule has 0 saturated carbocycles. The molecule has 1 aromatic carbocycles. The highest BCUT2D eigenvalue weighted by Gasteiger charge is 2.42. The molecular formula is C26H40N2O6. The maximum Gasteiger partial charge on any atom is 0.376 e. The van der Waals surface area contributed by atoms with Crippen molar-refractivity contribution >= 4 is 11.9 Å². The zero-order valence-corrected chi connectivity index (χ0v) is 21.8. The molecule has 0 aromatic heterocycles. The standard InChI is InChI=1S/C26H40N2O6/c1-16-20(11-13-27(7)25(16,3)4)32-22-15-18(23(29)30)9-10-19(22)24(31)34-33-21-12-14-28(8)26(5,6)17(21)2/h9-10,15-17,20-21H,11-14H2,1-8H3,(H,29,30). The fraction of sp³-hybridized carbons (Fsp3) is 0.692. The molecule has 8 nitrogen and oxygen atoms in total. The van der Waals surface area contributed by atoms with Gasteiger partial charge in [0.05, 0.1) is 5.56 Å². The number of carbonyl (C=O) groups excluding carboxylic acids is 1. The van der Waals surface area contributed by atoms with Gasteiger partial charge in [-0.25, -0.2) is 9.59 Å². The van der Waals surface area contributed by atoms with Gasteiger partial charge in [-0.05, 0) is 72.8 Å². The molecule has 4 atom stereocenters. The fourth-order valence-electron chi connectivity index (χ4n) is 4.85. The second-order valence-corrected chi connectivity index (χ2v) is 11.0. The number of hydrogen-bond acceptors (Lipinski definition) is 7. The Labute approximate surface area is 203 Å². The first-order chi connectivity index (χ1) is 15.8. The van der Waals surface area contributed by atoms with E-state index >= 15 is 0 Å². The molecule has 34 heavy (non-hydrogen) atoms. The van der Waals surface area contributed by atoms with E-state index in [1.165, 1.54) is 18.2 Å². The molecule has 0 radical (unpaired) electrons. The summed E-state index contributed by atoms with van der Waals surface area (Å²) < 4.78 is 6.30. The maximum atomic E-state index is 13.0. The van der Waals surface area contributed by atoms with E-state index in [1.54, 1.807) is 0 Å². The van der Waals surface area contributed by atoms with Crippen LogP contribution in [0.2, 0.25) is 0 Å². The molecule has 1 aromatic rings. The van der Waals surface area contributed by atoms with E-state index in [9.17, 15) is 14.7 Å². The van der Waals surface area contributed by atoms with Gasteiger partial charge >= 0.3 is 11.9 Å². The molecule has 0 bridgehead atoms. The summed E-state index contributed by atoms with van der Waals surface area (Å²) in [6, 6.07) is 4.23. The third-order valence-corrected chi connectivity index (χ3v) is 8.78. The number of ether oxygens (including phenoxy) is 1.